The SMILES string of the molecule is COc1ccc(O)c(NC(=O)CC(CN)CC(C)C)c1. The minimum absolute atomic E-state index is 0.0207. The fraction of sp³-hybridized carbons (Fsp3) is 0.533. The third kappa shape index (κ3) is 5.09. The zero-order valence-corrected chi connectivity index (χ0v) is 12.3. The molecule has 0 saturated heterocycles. The second-order valence-electron chi connectivity index (χ2n) is 5.37. The smallest absolute Gasteiger partial charge is 0.224 e. The van der Waals surface area contributed by atoms with Gasteiger partial charge in [0.1, 0.15) is 11.5 Å². The molecule has 0 saturated carbocycles. The molecule has 0 aromatic heterocycles. The summed E-state index contributed by atoms with van der Waals surface area (Å²) in [6, 6.07) is 4.71. The van der Waals surface area contributed by atoms with E-state index in [1.54, 1.807) is 12.1 Å². The van der Waals surface area contributed by atoms with Crippen molar-refractivity contribution in [1.29, 1.82) is 0 Å². The van der Waals surface area contributed by atoms with E-state index in [-0.39, 0.29) is 17.6 Å². The Morgan fingerprint density at radius 2 is 2.15 bits per heavy atom. The Labute approximate surface area is 120 Å². The molecule has 1 aromatic rings. The first-order valence-electron chi connectivity index (χ1n) is 6.83. The summed E-state index contributed by atoms with van der Waals surface area (Å²) in [5.41, 5.74) is 6.05. The zero-order valence-electron chi connectivity index (χ0n) is 12.3. The summed E-state index contributed by atoms with van der Waals surface area (Å²) in [5, 5.41) is 12.4. The molecule has 0 radical (unpaired) electrons. The summed E-state index contributed by atoms with van der Waals surface area (Å²) in [5.74, 6) is 1.11. The van der Waals surface area contributed by atoms with Crippen LogP contribution in [0.25, 0.3) is 0 Å². The number of hydrogen-bond donors (Lipinski definition) is 3. The van der Waals surface area contributed by atoms with Gasteiger partial charge in [0.2, 0.25) is 5.91 Å². The number of carbonyl (C=O) groups is 1. The second kappa shape index (κ2) is 7.75. The standard InChI is InChI=1S/C15H24N2O3/c1-10(2)6-11(9-16)7-15(19)17-13-8-12(20-3)4-5-14(13)18/h4-5,8,10-11,18H,6-7,9,16H2,1-3H3,(H,17,19). The predicted molar refractivity (Wildman–Crippen MR) is 79.9 cm³/mol. The number of anilines is 1. The summed E-state index contributed by atoms with van der Waals surface area (Å²) < 4.78 is 5.06. The molecule has 1 rings (SSSR count). The van der Waals surface area contributed by atoms with E-state index in [0.29, 0.717) is 30.3 Å². The number of amides is 1. The van der Waals surface area contributed by atoms with Gasteiger partial charge in [-0.3, -0.25) is 4.79 Å². The van der Waals surface area contributed by atoms with E-state index in [4.69, 9.17) is 10.5 Å². The van der Waals surface area contributed by atoms with Crippen molar-refractivity contribution in [2.45, 2.75) is 26.7 Å². The number of nitrogens with two attached hydrogens (primary N) is 1. The predicted octanol–water partition coefficient (Wildman–Crippen LogP) is 2.35. The number of rotatable bonds is 7. The van der Waals surface area contributed by atoms with Gasteiger partial charge >= 0.3 is 0 Å². The number of ether oxygens (including phenoxy) is 1. The van der Waals surface area contributed by atoms with Crippen LogP contribution in [0.5, 0.6) is 11.5 Å². The van der Waals surface area contributed by atoms with Crippen LogP contribution in [0.2, 0.25) is 0 Å². The molecular formula is C15H24N2O3. The quantitative estimate of drug-likeness (QED) is 0.669. The first-order chi connectivity index (χ1) is 9.46. The summed E-state index contributed by atoms with van der Waals surface area (Å²) in [6.07, 6.45) is 1.26. The number of phenolic OH excluding ortho intramolecular Hbond substituents is 1. The molecule has 0 aliphatic heterocycles. The molecule has 0 bridgehead atoms. The van der Waals surface area contributed by atoms with Gasteiger partial charge in [-0.05, 0) is 36.9 Å². The summed E-state index contributed by atoms with van der Waals surface area (Å²) >= 11 is 0. The minimum Gasteiger partial charge on any atom is -0.506 e. The Bertz CT molecular complexity index is 447. The van der Waals surface area contributed by atoms with Crippen LogP contribution in [0.4, 0.5) is 5.69 Å². The van der Waals surface area contributed by atoms with Crippen LogP contribution < -0.4 is 15.8 Å². The van der Waals surface area contributed by atoms with Crippen LogP contribution in [-0.4, -0.2) is 24.7 Å². The number of aromatic hydroxyl groups is 1. The van der Waals surface area contributed by atoms with Gasteiger partial charge in [0.25, 0.3) is 0 Å². The molecule has 1 aromatic carbocycles. The van der Waals surface area contributed by atoms with E-state index in [0.717, 1.165) is 6.42 Å². The zero-order chi connectivity index (χ0) is 15.1. The average molecular weight is 280 g/mol. The lowest BCUT2D eigenvalue weighted by atomic mass is 9.94. The molecule has 0 spiro atoms. The molecule has 0 aliphatic carbocycles. The Hall–Kier alpha value is -1.75. The maximum Gasteiger partial charge on any atom is 0.224 e. The Morgan fingerprint density at radius 1 is 1.45 bits per heavy atom. The van der Waals surface area contributed by atoms with Crippen LogP contribution in [0.15, 0.2) is 18.2 Å². The third-order valence-electron chi connectivity index (χ3n) is 3.09. The van der Waals surface area contributed by atoms with Crippen molar-refractivity contribution in [3.63, 3.8) is 0 Å². The lowest BCUT2D eigenvalue weighted by Crippen LogP contribution is -2.23. The highest BCUT2D eigenvalue weighted by Gasteiger charge is 2.15. The van der Waals surface area contributed by atoms with Gasteiger partial charge in [0.15, 0.2) is 0 Å². The third-order valence-corrected chi connectivity index (χ3v) is 3.09. The second-order valence-corrected chi connectivity index (χ2v) is 5.37. The number of benzene rings is 1. The summed E-state index contributed by atoms with van der Waals surface area (Å²) in [4.78, 5) is 12.0. The topological polar surface area (TPSA) is 84.6 Å². The summed E-state index contributed by atoms with van der Waals surface area (Å²) in [7, 11) is 1.53. The number of methoxy groups -OCH3 is 1. The van der Waals surface area contributed by atoms with Crippen molar-refractivity contribution in [2.75, 3.05) is 19.0 Å². The normalized spacial score (nSPS) is 12.2. The molecule has 1 atom stereocenters. The molecule has 20 heavy (non-hydrogen) atoms. The van der Waals surface area contributed by atoms with Gasteiger partial charge in [-0.25, -0.2) is 0 Å². The molecular weight excluding hydrogens is 256 g/mol. The van der Waals surface area contributed by atoms with Gasteiger partial charge < -0.3 is 20.9 Å². The number of hydrogen-bond acceptors (Lipinski definition) is 4. The highest BCUT2D eigenvalue weighted by atomic mass is 16.5. The van der Waals surface area contributed by atoms with E-state index in [9.17, 15) is 9.90 Å². The van der Waals surface area contributed by atoms with Crippen LogP contribution in [-0.2, 0) is 4.79 Å². The number of carbonyl (C=O) groups excluding carboxylic acids is 1. The van der Waals surface area contributed by atoms with Gasteiger partial charge in [-0.15, -0.1) is 0 Å². The van der Waals surface area contributed by atoms with Crippen molar-refractivity contribution < 1.29 is 14.6 Å². The van der Waals surface area contributed by atoms with Crippen molar-refractivity contribution >= 4 is 11.6 Å². The van der Waals surface area contributed by atoms with Gasteiger partial charge in [0.05, 0.1) is 12.8 Å². The Kier molecular flexibility index (Phi) is 6.31. The van der Waals surface area contributed by atoms with Crippen LogP contribution in [0, 0.1) is 11.8 Å². The molecule has 0 aliphatic rings. The fourth-order valence-electron chi connectivity index (χ4n) is 2.14. The average Bonchev–Trinajstić information content (AvgIpc) is 2.40. The van der Waals surface area contributed by atoms with Crippen LogP contribution >= 0.6 is 0 Å². The largest absolute Gasteiger partial charge is 0.506 e. The maximum absolute atomic E-state index is 12.0. The van der Waals surface area contributed by atoms with E-state index in [1.807, 2.05) is 0 Å². The highest BCUT2D eigenvalue weighted by Crippen LogP contribution is 2.28. The fourth-order valence-corrected chi connectivity index (χ4v) is 2.14. The Morgan fingerprint density at radius 3 is 2.70 bits per heavy atom. The summed E-state index contributed by atoms with van der Waals surface area (Å²) in [6.45, 7) is 4.69. The molecule has 112 valence electrons. The minimum atomic E-state index is -0.148. The number of nitrogens with one attached hydrogen (secondary N) is 1. The lowest BCUT2D eigenvalue weighted by molar-refractivity contribution is -0.117. The van der Waals surface area contributed by atoms with Crippen molar-refractivity contribution in [3.8, 4) is 11.5 Å². The van der Waals surface area contributed by atoms with E-state index in [1.165, 1.54) is 13.2 Å². The molecule has 5 heteroatoms. The van der Waals surface area contributed by atoms with Gasteiger partial charge in [0, 0.05) is 12.5 Å². The molecule has 1 amide bonds. The molecule has 0 fully saturated rings. The van der Waals surface area contributed by atoms with Crippen LogP contribution in [0.3, 0.4) is 0 Å². The van der Waals surface area contributed by atoms with Crippen molar-refractivity contribution in [1.82, 2.24) is 0 Å². The van der Waals surface area contributed by atoms with Crippen LogP contribution in [0.1, 0.15) is 26.7 Å². The first kappa shape index (κ1) is 16.3. The van der Waals surface area contributed by atoms with Crippen molar-refractivity contribution in [3.05, 3.63) is 18.2 Å². The maximum atomic E-state index is 12.0. The first-order valence-corrected chi connectivity index (χ1v) is 6.83. The Balaban J connectivity index is 2.65. The molecule has 5 nitrogen and oxygen atoms in total. The van der Waals surface area contributed by atoms with Crippen molar-refractivity contribution in [2.24, 2.45) is 17.6 Å². The van der Waals surface area contributed by atoms with E-state index in [2.05, 4.69) is 19.2 Å². The number of phenols is 1. The monoisotopic (exact) mass is 280 g/mol. The molecule has 4 N–H and O–H groups in total. The lowest BCUT2D eigenvalue weighted by Gasteiger charge is -2.17. The van der Waals surface area contributed by atoms with Gasteiger partial charge in [-0.2, -0.15) is 0 Å². The van der Waals surface area contributed by atoms with Gasteiger partial charge in [-0.1, -0.05) is 13.8 Å². The highest BCUT2D eigenvalue weighted by molar-refractivity contribution is 5.92. The van der Waals surface area contributed by atoms with E-state index < -0.39 is 0 Å². The molecule has 1 unspecified atom stereocenters. The molecule has 0 heterocycles. The van der Waals surface area contributed by atoms with E-state index >= 15 is 0 Å².